The van der Waals surface area contributed by atoms with Crippen LogP contribution in [0, 0.1) is 11.3 Å². The van der Waals surface area contributed by atoms with Crippen molar-refractivity contribution in [1.29, 1.82) is 5.26 Å². The Morgan fingerprint density at radius 3 is 2.38 bits per heavy atom. The number of ether oxygens (including phenoxy) is 1. The van der Waals surface area contributed by atoms with Crippen molar-refractivity contribution in [3.63, 3.8) is 0 Å². The minimum absolute atomic E-state index is 0.0239. The van der Waals surface area contributed by atoms with Crippen LogP contribution < -0.4 is 10.6 Å². The van der Waals surface area contributed by atoms with E-state index in [0.29, 0.717) is 22.2 Å². The topological polar surface area (TPSA) is 161 Å². The summed E-state index contributed by atoms with van der Waals surface area (Å²) in [6, 6.07) is 20.9. The number of nitriles is 1. The highest BCUT2D eigenvalue weighted by molar-refractivity contribution is 6.11. The number of H-pyrrole nitrogens is 1. The van der Waals surface area contributed by atoms with E-state index in [4.69, 9.17) is 10.00 Å². The van der Waals surface area contributed by atoms with E-state index in [1.165, 1.54) is 25.1 Å². The minimum atomic E-state index is -1.30. The SMILES string of the molecule is CC(=O)OC(C(=O)Nc1cccc2cc(C(=O)Nc3ccc(C#N)cc3C(=O)O)[nH]c12)c1ccccc1. The number of benzene rings is 3. The number of rotatable bonds is 7. The Kier molecular flexibility index (Phi) is 6.97. The summed E-state index contributed by atoms with van der Waals surface area (Å²) < 4.78 is 5.25. The number of nitrogens with one attached hydrogen (secondary N) is 3. The molecular formula is C27H20N4O6. The van der Waals surface area contributed by atoms with Crippen molar-refractivity contribution in [1.82, 2.24) is 4.98 Å². The van der Waals surface area contributed by atoms with Gasteiger partial charge >= 0.3 is 11.9 Å². The molecule has 4 rings (SSSR count). The van der Waals surface area contributed by atoms with Gasteiger partial charge in [0.1, 0.15) is 5.69 Å². The first-order valence-electron chi connectivity index (χ1n) is 11.0. The van der Waals surface area contributed by atoms with Crippen molar-refractivity contribution < 1.29 is 29.0 Å². The third kappa shape index (κ3) is 5.47. The number of carboxylic acid groups (broad SMARTS) is 1. The molecular weight excluding hydrogens is 476 g/mol. The summed E-state index contributed by atoms with van der Waals surface area (Å²) in [4.78, 5) is 52.1. The number of nitrogens with zero attached hydrogens (tertiary/aromatic N) is 1. The van der Waals surface area contributed by atoms with Crippen LogP contribution in [-0.2, 0) is 14.3 Å². The van der Waals surface area contributed by atoms with Crippen LogP contribution in [0.25, 0.3) is 10.9 Å². The molecule has 0 radical (unpaired) electrons. The van der Waals surface area contributed by atoms with Gasteiger partial charge in [-0.05, 0) is 30.3 Å². The number of carbonyl (C=O) groups is 4. The molecule has 37 heavy (non-hydrogen) atoms. The van der Waals surface area contributed by atoms with Crippen LogP contribution in [0.3, 0.4) is 0 Å². The van der Waals surface area contributed by atoms with Gasteiger partial charge in [0.05, 0.1) is 34.1 Å². The van der Waals surface area contributed by atoms with Crippen LogP contribution >= 0.6 is 0 Å². The molecule has 4 aromatic rings. The van der Waals surface area contributed by atoms with E-state index < -0.39 is 29.9 Å². The molecule has 0 saturated carbocycles. The van der Waals surface area contributed by atoms with Crippen LogP contribution in [-0.4, -0.2) is 33.8 Å². The zero-order valence-corrected chi connectivity index (χ0v) is 19.4. The lowest BCUT2D eigenvalue weighted by Gasteiger charge is -2.17. The lowest BCUT2D eigenvalue weighted by Crippen LogP contribution is -2.25. The number of esters is 1. The minimum Gasteiger partial charge on any atom is -0.478 e. The highest BCUT2D eigenvalue weighted by Gasteiger charge is 2.25. The molecule has 0 bridgehead atoms. The Morgan fingerprint density at radius 1 is 0.946 bits per heavy atom. The van der Waals surface area contributed by atoms with E-state index in [2.05, 4.69) is 15.6 Å². The lowest BCUT2D eigenvalue weighted by atomic mass is 10.1. The van der Waals surface area contributed by atoms with Gasteiger partial charge in [0.15, 0.2) is 0 Å². The van der Waals surface area contributed by atoms with Gasteiger partial charge in [0, 0.05) is 17.9 Å². The van der Waals surface area contributed by atoms with Crippen LogP contribution in [0.4, 0.5) is 11.4 Å². The molecule has 0 aliphatic heterocycles. The molecule has 1 unspecified atom stereocenters. The van der Waals surface area contributed by atoms with Crippen molar-refractivity contribution >= 4 is 46.0 Å². The summed E-state index contributed by atoms with van der Waals surface area (Å²) in [7, 11) is 0. The summed E-state index contributed by atoms with van der Waals surface area (Å²) in [5.74, 6) is -3.12. The number of aromatic amines is 1. The van der Waals surface area contributed by atoms with Gasteiger partial charge in [0.25, 0.3) is 11.8 Å². The average molecular weight is 496 g/mol. The molecule has 2 amide bonds. The number of carboxylic acids is 1. The monoisotopic (exact) mass is 496 g/mol. The molecule has 10 heteroatoms. The van der Waals surface area contributed by atoms with Crippen molar-refractivity contribution in [2.75, 3.05) is 10.6 Å². The second-order valence-corrected chi connectivity index (χ2v) is 7.97. The van der Waals surface area contributed by atoms with Gasteiger partial charge in [-0.1, -0.05) is 42.5 Å². The average Bonchev–Trinajstić information content (AvgIpc) is 3.33. The highest BCUT2D eigenvalue weighted by atomic mass is 16.5. The number of carbonyl (C=O) groups excluding carboxylic acids is 3. The summed E-state index contributed by atoms with van der Waals surface area (Å²) in [5, 5.41) is 24.3. The third-order valence-corrected chi connectivity index (χ3v) is 5.41. The van der Waals surface area contributed by atoms with E-state index in [9.17, 15) is 24.3 Å². The smallest absolute Gasteiger partial charge is 0.337 e. The maximum atomic E-state index is 13.1. The summed E-state index contributed by atoms with van der Waals surface area (Å²) in [6.45, 7) is 1.21. The molecule has 0 aliphatic carbocycles. The van der Waals surface area contributed by atoms with E-state index in [0.717, 1.165) is 0 Å². The number of aromatic carboxylic acids is 1. The van der Waals surface area contributed by atoms with Crippen molar-refractivity contribution in [2.45, 2.75) is 13.0 Å². The first-order valence-corrected chi connectivity index (χ1v) is 11.0. The molecule has 1 aromatic heterocycles. The first-order chi connectivity index (χ1) is 17.8. The summed E-state index contributed by atoms with van der Waals surface area (Å²) >= 11 is 0. The Morgan fingerprint density at radius 2 is 1.70 bits per heavy atom. The molecule has 10 nitrogen and oxygen atoms in total. The molecule has 1 atom stereocenters. The Hall–Kier alpha value is -5.43. The first kappa shape index (κ1) is 24.7. The fourth-order valence-electron chi connectivity index (χ4n) is 3.74. The summed E-state index contributed by atoms with van der Waals surface area (Å²) in [6.07, 6.45) is -1.18. The van der Waals surface area contributed by atoms with Crippen LogP contribution in [0.2, 0.25) is 0 Å². The molecule has 0 fully saturated rings. The molecule has 3 aromatic carbocycles. The Labute approximate surface area is 210 Å². The van der Waals surface area contributed by atoms with Gasteiger partial charge in [-0.15, -0.1) is 0 Å². The highest BCUT2D eigenvalue weighted by Crippen LogP contribution is 2.27. The third-order valence-electron chi connectivity index (χ3n) is 5.41. The largest absolute Gasteiger partial charge is 0.478 e. The van der Waals surface area contributed by atoms with Crippen LogP contribution in [0.5, 0.6) is 0 Å². The predicted molar refractivity (Wildman–Crippen MR) is 134 cm³/mol. The number of amides is 2. The predicted octanol–water partition coefficient (Wildman–Crippen LogP) is 4.23. The van der Waals surface area contributed by atoms with Gasteiger partial charge < -0.3 is 25.5 Å². The van der Waals surface area contributed by atoms with Crippen molar-refractivity contribution in [2.24, 2.45) is 0 Å². The molecule has 184 valence electrons. The van der Waals surface area contributed by atoms with Crippen molar-refractivity contribution in [3.05, 3.63) is 95.2 Å². The maximum Gasteiger partial charge on any atom is 0.337 e. The van der Waals surface area contributed by atoms with E-state index in [1.54, 1.807) is 54.6 Å². The number of aromatic nitrogens is 1. The van der Waals surface area contributed by atoms with Crippen LogP contribution in [0.15, 0.2) is 72.8 Å². The number of hydrogen-bond donors (Lipinski definition) is 4. The molecule has 0 aliphatic rings. The molecule has 4 N–H and O–H groups in total. The fourth-order valence-corrected chi connectivity index (χ4v) is 3.74. The van der Waals surface area contributed by atoms with E-state index >= 15 is 0 Å². The molecule has 0 saturated heterocycles. The van der Waals surface area contributed by atoms with Gasteiger partial charge in [-0.2, -0.15) is 5.26 Å². The second kappa shape index (κ2) is 10.5. The normalized spacial score (nSPS) is 11.2. The zero-order valence-electron chi connectivity index (χ0n) is 19.4. The number of fused-ring (bicyclic) bond motifs is 1. The van der Waals surface area contributed by atoms with Gasteiger partial charge in [-0.25, -0.2) is 4.79 Å². The number of anilines is 2. The lowest BCUT2D eigenvalue weighted by molar-refractivity contribution is -0.152. The zero-order chi connectivity index (χ0) is 26.5. The molecule has 0 spiro atoms. The second-order valence-electron chi connectivity index (χ2n) is 7.97. The van der Waals surface area contributed by atoms with Gasteiger partial charge in [0.2, 0.25) is 6.10 Å². The number of para-hydroxylation sites is 1. The Bertz CT molecular complexity index is 1570. The molecule has 1 heterocycles. The van der Waals surface area contributed by atoms with Gasteiger partial charge in [-0.3, -0.25) is 14.4 Å². The van der Waals surface area contributed by atoms with E-state index in [-0.39, 0.29) is 22.5 Å². The standard InChI is InChI=1S/C27H20N4O6/c1-15(32)37-24(17-6-3-2-4-7-17)26(34)31-21-9-5-8-18-13-22(29-23(18)21)25(33)30-20-11-10-16(14-28)12-19(20)27(35)36/h2-13,24,29H,1H3,(H,30,33)(H,31,34)(H,35,36). The van der Waals surface area contributed by atoms with E-state index in [1.807, 2.05) is 6.07 Å². The van der Waals surface area contributed by atoms with Crippen LogP contribution in [0.1, 0.15) is 45.0 Å². The quantitative estimate of drug-likeness (QED) is 0.278. The summed E-state index contributed by atoms with van der Waals surface area (Å²) in [5.41, 5.74) is 1.32. The Balaban J connectivity index is 1.61. The maximum absolute atomic E-state index is 13.1. The van der Waals surface area contributed by atoms with Crippen molar-refractivity contribution in [3.8, 4) is 6.07 Å². The number of hydrogen-bond acceptors (Lipinski definition) is 6. The fraction of sp³-hybridized carbons (Fsp3) is 0.0741.